The number of hydrogen-bond donors (Lipinski definition) is 2. The van der Waals surface area contributed by atoms with Gasteiger partial charge in [-0.25, -0.2) is 14.6 Å². The van der Waals surface area contributed by atoms with E-state index in [4.69, 9.17) is 4.74 Å². The molecule has 1 fully saturated rings. The van der Waals surface area contributed by atoms with E-state index in [-0.39, 0.29) is 17.8 Å². The van der Waals surface area contributed by atoms with Gasteiger partial charge in [0.15, 0.2) is 5.65 Å². The van der Waals surface area contributed by atoms with Crippen molar-refractivity contribution in [2.24, 2.45) is 0 Å². The Balaban J connectivity index is 1.81. The molecule has 0 aliphatic carbocycles. The number of fused-ring (bicyclic) bond motifs is 1. The van der Waals surface area contributed by atoms with Crippen LogP contribution in [0.3, 0.4) is 0 Å². The molecule has 1 aliphatic rings. The molecule has 1 atom stereocenters. The van der Waals surface area contributed by atoms with E-state index in [0.29, 0.717) is 12.2 Å². The normalized spacial score (nSPS) is 18.1. The number of amides is 1. The maximum atomic E-state index is 12.3. The third-order valence-electron chi connectivity index (χ3n) is 4.59. The minimum atomic E-state index is -0.519. The summed E-state index contributed by atoms with van der Waals surface area (Å²) in [5, 5.41) is 2.96. The minimum absolute atomic E-state index is 0.00396. The van der Waals surface area contributed by atoms with E-state index in [1.165, 1.54) is 0 Å². The molecule has 3 rings (SSSR count). The maximum absolute atomic E-state index is 12.3. The van der Waals surface area contributed by atoms with Crippen LogP contribution in [0.2, 0.25) is 0 Å². The Bertz CT molecular complexity index is 878. The van der Waals surface area contributed by atoms with Crippen molar-refractivity contribution in [1.82, 2.24) is 19.9 Å². The molecule has 0 unspecified atom stereocenters. The molecule has 1 aliphatic heterocycles. The Morgan fingerprint density at radius 3 is 2.81 bits per heavy atom. The van der Waals surface area contributed by atoms with Gasteiger partial charge in [-0.2, -0.15) is 0 Å². The fourth-order valence-corrected chi connectivity index (χ4v) is 3.54. The van der Waals surface area contributed by atoms with Crippen LogP contribution in [0.1, 0.15) is 53.5 Å². The van der Waals surface area contributed by atoms with E-state index in [1.54, 1.807) is 10.8 Å². The van der Waals surface area contributed by atoms with E-state index in [1.807, 2.05) is 40.7 Å². The fraction of sp³-hybridized carbons (Fsp3) is 0.632. The second-order valence-corrected chi connectivity index (χ2v) is 8.35. The van der Waals surface area contributed by atoms with Gasteiger partial charge in [0.25, 0.3) is 0 Å². The number of piperidine rings is 1. The standard InChI is InChI=1S/C19H29N5O3/c1-12(2)24-16-15(22-17(24)25)14(8-9-20-16)23-10-6-7-13(11-23)21-18(26)27-19(3,4)5/h8-9,12-13H,6-7,10-11H2,1-5H3,(H,21,26)(H,22,25)/t13-/m1/s1. The molecule has 0 saturated carbocycles. The molecular formula is C19H29N5O3. The van der Waals surface area contributed by atoms with Crippen LogP contribution >= 0.6 is 0 Å². The van der Waals surface area contributed by atoms with Gasteiger partial charge in [-0.1, -0.05) is 0 Å². The van der Waals surface area contributed by atoms with Crippen molar-refractivity contribution in [2.75, 3.05) is 18.0 Å². The molecule has 8 heteroatoms. The molecule has 2 N–H and O–H groups in total. The van der Waals surface area contributed by atoms with Gasteiger partial charge in [0.1, 0.15) is 11.1 Å². The first kappa shape index (κ1) is 19.3. The lowest BCUT2D eigenvalue weighted by atomic mass is 10.1. The Labute approximate surface area is 158 Å². The molecule has 0 aromatic carbocycles. The lowest BCUT2D eigenvalue weighted by Crippen LogP contribution is -2.49. The topological polar surface area (TPSA) is 92.2 Å². The Morgan fingerprint density at radius 1 is 1.41 bits per heavy atom. The van der Waals surface area contributed by atoms with Gasteiger partial charge in [-0.05, 0) is 53.5 Å². The average Bonchev–Trinajstić information content (AvgIpc) is 2.89. The molecular weight excluding hydrogens is 346 g/mol. The summed E-state index contributed by atoms with van der Waals surface area (Å²) in [6, 6.07) is 1.94. The summed E-state index contributed by atoms with van der Waals surface area (Å²) in [5.74, 6) is 0. The van der Waals surface area contributed by atoms with Gasteiger partial charge in [0.2, 0.25) is 0 Å². The molecule has 3 heterocycles. The summed E-state index contributed by atoms with van der Waals surface area (Å²) in [7, 11) is 0. The highest BCUT2D eigenvalue weighted by Gasteiger charge is 2.26. The number of imidazole rings is 1. The second kappa shape index (κ2) is 7.25. The third kappa shape index (κ3) is 4.26. The van der Waals surface area contributed by atoms with Crippen molar-refractivity contribution < 1.29 is 9.53 Å². The van der Waals surface area contributed by atoms with Gasteiger partial charge in [-0.15, -0.1) is 0 Å². The zero-order chi connectivity index (χ0) is 19.8. The number of H-pyrrole nitrogens is 1. The Morgan fingerprint density at radius 2 is 2.15 bits per heavy atom. The van der Waals surface area contributed by atoms with Crippen molar-refractivity contribution in [3.05, 3.63) is 22.7 Å². The van der Waals surface area contributed by atoms with E-state index >= 15 is 0 Å². The van der Waals surface area contributed by atoms with Gasteiger partial charge in [0.05, 0.1) is 5.69 Å². The molecule has 0 spiro atoms. The van der Waals surface area contributed by atoms with E-state index in [2.05, 4.69) is 20.2 Å². The van der Waals surface area contributed by atoms with Gasteiger partial charge < -0.3 is 19.9 Å². The quantitative estimate of drug-likeness (QED) is 0.861. The summed E-state index contributed by atoms with van der Waals surface area (Å²) < 4.78 is 7.03. The van der Waals surface area contributed by atoms with Crippen molar-refractivity contribution in [3.8, 4) is 0 Å². The fourth-order valence-electron chi connectivity index (χ4n) is 3.54. The largest absolute Gasteiger partial charge is 0.444 e. The van der Waals surface area contributed by atoms with Gasteiger partial charge in [0, 0.05) is 31.4 Å². The van der Waals surface area contributed by atoms with Crippen LogP contribution in [0.5, 0.6) is 0 Å². The molecule has 27 heavy (non-hydrogen) atoms. The number of pyridine rings is 1. The average molecular weight is 375 g/mol. The number of rotatable bonds is 3. The molecule has 1 amide bonds. The van der Waals surface area contributed by atoms with Crippen molar-refractivity contribution in [1.29, 1.82) is 0 Å². The van der Waals surface area contributed by atoms with Crippen molar-refractivity contribution >= 4 is 22.9 Å². The summed E-state index contributed by atoms with van der Waals surface area (Å²) in [5.41, 5.74) is 1.67. The van der Waals surface area contributed by atoms with E-state index in [9.17, 15) is 9.59 Å². The van der Waals surface area contributed by atoms with Crippen LogP contribution in [-0.2, 0) is 4.74 Å². The van der Waals surface area contributed by atoms with Gasteiger partial charge in [-0.3, -0.25) is 4.57 Å². The molecule has 148 valence electrons. The van der Waals surface area contributed by atoms with Crippen LogP contribution in [0.25, 0.3) is 11.2 Å². The highest BCUT2D eigenvalue weighted by molar-refractivity contribution is 5.86. The number of aromatic amines is 1. The summed E-state index contributed by atoms with van der Waals surface area (Å²) in [4.78, 5) is 34.0. The number of alkyl carbamates (subject to hydrolysis) is 1. The van der Waals surface area contributed by atoms with E-state index < -0.39 is 11.7 Å². The first-order chi connectivity index (χ1) is 12.7. The van der Waals surface area contributed by atoms with Crippen LogP contribution in [-0.4, -0.2) is 45.4 Å². The number of nitrogens with zero attached hydrogens (tertiary/aromatic N) is 3. The monoisotopic (exact) mass is 375 g/mol. The van der Waals surface area contributed by atoms with E-state index in [0.717, 1.165) is 30.6 Å². The molecule has 1 saturated heterocycles. The Hall–Kier alpha value is -2.51. The highest BCUT2D eigenvalue weighted by atomic mass is 16.6. The van der Waals surface area contributed by atoms with Crippen molar-refractivity contribution in [2.45, 2.75) is 65.1 Å². The molecule has 0 bridgehead atoms. The maximum Gasteiger partial charge on any atom is 0.407 e. The van der Waals surface area contributed by atoms with Crippen molar-refractivity contribution in [3.63, 3.8) is 0 Å². The van der Waals surface area contributed by atoms with Crippen LogP contribution in [0, 0.1) is 0 Å². The first-order valence-corrected chi connectivity index (χ1v) is 9.49. The lowest BCUT2D eigenvalue weighted by molar-refractivity contribution is 0.0500. The number of ether oxygens (including phenoxy) is 1. The summed E-state index contributed by atoms with van der Waals surface area (Å²) in [6.45, 7) is 11.0. The summed E-state index contributed by atoms with van der Waals surface area (Å²) in [6.07, 6.45) is 3.18. The first-order valence-electron chi connectivity index (χ1n) is 9.49. The Kier molecular flexibility index (Phi) is 5.17. The zero-order valence-corrected chi connectivity index (χ0v) is 16.7. The third-order valence-corrected chi connectivity index (χ3v) is 4.59. The molecule has 8 nitrogen and oxygen atoms in total. The number of carbonyl (C=O) groups is 1. The predicted molar refractivity (Wildman–Crippen MR) is 105 cm³/mol. The number of carbonyl (C=O) groups excluding carboxylic acids is 1. The zero-order valence-electron chi connectivity index (χ0n) is 16.7. The lowest BCUT2D eigenvalue weighted by Gasteiger charge is -2.35. The smallest absolute Gasteiger partial charge is 0.407 e. The SMILES string of the molecule is CC(C)n1c(=O)[nH]c2c(N3CCC[C@@H](NC(=O)OC(C)(C)C)C3)ccnc21. The minimum Gasteiger partial charge on any atom is -0.444 e. The number of nitrogens with one attached hydrogen (secondary N) is 2. The van der Waals surface area contributed by atoms with Crippen LogP contribution in [0.4, 0.5) is 10.5 Å². The molecule has 2 aromatic rings. The highest BCUT2D eigenvalue weighted by Crippen LogP contribution is 2.27. The summed E-state index contributed by atoms with van der Waals surface area (Å²) >= 11 is 0. The predicted octanol–water partition coefficient (Wildman–Crippen LogP) is 2.80. The van der Waals surface area contributed by atoms with Crippen LogP contribution in [0.15, 0.2) is 17.1 Å². The number of hydrogen-bond acceptors (Lipinski definition) is 5. The van der Waals surface area contributed by atoms with Crippen LogP contribution < -0.4 is 15.9 Å². The number of anilines is 1. The number of aromatic nitrogens is 3. The molecule has 0 radical (unpaired) electrons. The molecule has 2 aromatic heterocycles. The second-order valence-electron chi connectivity index (χ2n) is 8.35. The van der Waals surface area contributed by atoms with Gasteiger partial charge >= 0.3 is 11.8 Å².